The summed E-state index contributed by atoms with van der Waals surface area (Å²) >= 11 is 0. The quantitative estimate of drug-likeness (QED) is 0.729. The topological polar surface area (TPSA) is 49.8 Å². The van der Waals surface area contributed by atoms with Crippen LogP contribution in [0.5, 0.6) is 0 Å². The number of hydrogen-bond acceptors (Lipinski definition) is 2. The minimum Gasteiger partial charge on any atom is -0.398 e. The van der Waals surface area contributed by atoms with Crippen molar-refractivity contribution in [2.45, 2.75) is 34.1 Å². The zero-order valence-corrected chi connectivity index (χ0v) is 8.09. The van der Waals surface area contributed by atoms with Gasteiger partial charge >= 0.3 is 0 Å². The lowest BCUT2D eigenvalue weighted by Gasteiger charge is -2.08. The van der Waals surface area contributed by atoms with E-state index in [0.717, 1.165) is 29.7 Å². The van der Waals surface area contributed by atoms with Crippen LogP contribution in [0.3, 0.4) is 0 Å². The highest BCUT2D eigenvalue weighted by molar-refractivity contribution is 5.57. The average molecular weight is 190 g/mol. The fraction of sp³-hybridized carbons (Fsp3) is 0.417. The minimum atomic E-state index is 0. The Balaban J connectivity index is 0.00000169. The summed E-state index contributed by atoms with van der Waals surface area (Å²) < 4.78 is 0. The lowest BCUT2D eigenvalue weighted by atomic mass is 10.0. The predicted molar refractivity (Wildman–Crippen MR) is 61.1 cm³/mol. The summed E-state index contributed by atoms with van der Waals surface area (Å²) in [4.78, 5) is 0. The van der Waals surface area contributed by atoms with Crippen LogP contribution in [-0.4, -0.2) is 0 Å². The van der Waals surface area contributed by atoms with E-state index in [1.165, 1.54) is 0 Å². The van der Waals surface area contributed by atoms with Crippen LogP contribution < -0.4 is 5.73 Å². The van der Waals surface area contributed by atoms with E-state index in [1.807, 2.05) is 26.0 Å². The Morgan fingerprint density at radius 1 is 1.21 bits per heavy atom. The molecule has 76 valence electrons. The van der Waals surface area contributed by atoms with Crippen LogP contribution in [0.1, 0.15) is 38.0 Å². The molecule has 0 spiro atoms. The minimum absolute atomic E-state index is 0. The molecule has 0 bridgehead atoms. The number of benzene rings is 1. The van der Waals surface area contributed by atoms with Crippen molar-refractivity contribution in [3.05, 3.63) is 28.8 Å². The number of rotatable bonds is 2. The first kappa shape index (κ1) is 12.5. The highest BCUT2D eigenvalue weighted by atomic mass is 14.6. The molecule has 1 rings (SSSR count). The highest BCUT2D eigenvalue weighted by Crippen LogP contribution is 2.20. The fourth-order valence-electron chi connectivity index (χ4n) is 1.43. The zero-order valence-electron chi connectivity index (χ0n) is 8.09. The van der Waals surface area contributed by atoms with Gasteiger partial charge in [0.15, 0.2) is 0 Å². The molecule has 1 aromatic carbocycles. The molecule has 0 amide bonds. The molecule has 0 heterocycles. The lowest BCUT2D eigenvalue weighted by molar-refractivity contribution is 1.09. The highest BCUT2D eigenvalue weighted by Gasteiger charge is 2.04. The van der Waals surface area contributed by atoms with E-state index in [-0.39, 0.29) is 7.43 Å². The van der Waals surface area contributed by atoms with Crippen molar-refractivity contribution in [1.29, 1.82) is 5.26 Å². The Labute approximate surface area is 86.4 Å². The van der Waals surface area contributed by atoms with E-state index in [1.54, 1.807) is 0 Å². The Morgan fingerprint density at radius 3 is 1.93 bits per heavy atom. The molecule has 2 N–H and O–H groups in total. The van der Waals surface area contributed by atoms with Crippen molar-refractivity contribution in [1.82, 2.24) is 0 Å². The summed E-state index contributed by atoms with van der Waals surface area (Å²) in [5, 5.41) is 8.78. The van der Waals surface area contributed by atoms with Crippen molar-refractivity contribution in [3.63, 3.8) is 0 Å². The van der Waals surface area contributed by atoms with Crippen molar-refractivity contribution in [2.24, 2.45) is 0 Å². The summed E-state index contributed by atoms with van der Waals surface area (Å²) in [5.74, 6) is 0. The van der Waals surface area contributed by atoms with Crippen molar-refractivity contribution >= 4 is 5.69 Å². The molecule has 0 aliphatic heterocycles. The van der Waals surface area contributed by atoms with Crippen LogP contribution in [0.4, 0.5) is 5.69 Å². The van der Waals surface area contributed by atoms with Gasteiger partial charge in [0.2, 0.25) is 0 Å². The second-order valence-corrected chi connectivity index (χ2v) is 3.03. The van der Waals surface area contributed by atoms with Gasteiger partial charge in [-0.15, -0.1) is 0 Å². The Kier molecular flexibility index (Phi) is 4.72. The predicted octanol–water partition coefficient (Wildman–Crippen LogP) is 2.90. The first-order valence-electron chi connectivity index (χ1n) is 4.54. The van der Waals surface area contributed by atoms with Gasteiger partial charge in [0, 0.05) is 5.69 Å². The second-order valence-electron chi connectivity index (χ2n) is 3.03. The number of nitrogen functional groups attached to an aromatic ring is 1. The van der Waals surface area contributed by atoms with Crippen LogP contribution in [0.2, 0.25) is 0 Å². The summed E-state index contributed by atoms with van der Waals surface area (Å²) in [5.41, 5.74) is 9.64. The van der Waals surface area contributed by atoms with Gasteiger partial charge in [-0.05, 0) is 36.1 Å². The SMILES string of the molecule is C.CCc1cc(C#N)cc(CC)c1N. The number of anilines is 1. The molecule has 0 unspecified atom stereocenters. The average Bonchev–Trinajstić information content (AvgIpc) is 2.18. The molecule has 0 aliphatic carbocycles. The first-order valence-corrected chi connectivity index (χ1v) is 4.54. The summed E-state index contributed by atoms with van der Waals surface area (Å²) in [6, 6.07) is 5.89. The van der Waals surface area contributed by atoms with Crippen LogP contribution in [0.15, 0.2) is 12.1 Å². The third-order valence-corrected chi connectivity index (χ3v) is 2.24. The molecule has 0 atom stereocenters. The van der Waals surface area contributed by atoms with Crippen molar-refractivity contribution in [2.75, 3.05) is 5.73 Å². The molecule has 0 radical (unpaired) electrons. The van der Waals surface area contributed by atoms with Gasteiger partial charge in [-0.1, -0.05) is 21.3 Å². The molecular formula is C12H18N2. The Morgan fingerprint density at radius 2 is 1.64 bits per heavy atom. The van der Waals surface area contributed by atoms with E-state index in [0.29, 0.717) is 5.56 Å². The maximum Gasteiger partial charge on any atom is 0.0991 e. The Hall–Kier alpha value is -1.49. The van der Waals surface area contributed by atoms with Gasteiger partial charge in [0.05, 0.1) is 11.6 Å². The third kappa shape index (κ3) is 2.26. The fourth-order valence-corrected chi connectivity index (χ4v) is 1.43. The Bertz CT molecular complexity index is 323. The maximum atomic E-state index is 8.78. The van der Waals surface area contributed by atoms with Crippen LogP contribution in [0, 0.1) is 11.3 Å². The molecule has 0 saturated carbocycles. The summed E-state index contributed by atoms with van der Waals surface area (Å²) in [6.45, 7) is 4.10. The van der Waals surface area contributed by atoms with Gasteiger partial charge in [0.1, 0.15) is 0 Å². The normalized spacial score (nSPS) is 8.93. The van der Waals surface area contributed by atoms with Gasteiger partial charge in [0.25, 0.3) is 0 Å². The van der Waals surface area contributed by atoms with E-state index in [9.17, 15) is 0 Å². The molecule has 14 heavy (non-hydrogen) atoms. The number of nitrogens with zero attached hydrogens (tertiary/aromatic N) is 1. The van der Waals surface area contributed by atoms with Crippen LogP contribution >= 0.6 is 0 Å². The van der Waals surface area contributed by atoms with E-state index < -0.39 is 0 Å². The van der Waals surface area contributed by atoms with Crippen molar-refractivity contribution in [3.8, 4) is 6.07 Å². The molecule has 0 fully saturated rings. The van der Waals surface area contributed by atoms with Crippen molar-refractivity contribution < 1.29 is 0 Å². The first-order chi connectivity index (χ1) is 6.22. The van der Waals surface area contributed by atoms with Gasteiger partial charge < -0.3 is 5.73 Å². The summed E-state index contributed by atoms with van der Waals surface area (Å²) in [6.07, 6.45) is 1.77. The van der Waals surface area contributed by atoms with Crippen LogP contribution in [0.25, 0.3) is 0 Å². The zero-order chi connectivity index (χ0) is 9.84. The van der Waals surface area contributed by atoms with Crippen LogP contribution in [-0.2, 0) is 12.8 Å². The van der Waals surface area contributed by atoms with E-state index in [2.05, 4.69) is 6.07 Å². The standard InChI is InChI=1S/C11H14N2.CH4/c1-3-9-5-8(7-12)6-10(4-2)11(9)13;/h5-6H,3-4,13H2,1-2H3;1H4. The van der Waals surface area contributed by atoms with Gasteiger partial charge in [-0.2, -0.15) is 5.26 Å². The number of aryl methyl sites for hydroxylation is 2. The molecule has 0 aliphatic rings. The van der Waals surface area contributed by atoms with E-state index >= 15 is 0 Å². The molecule has 1 aromatic rings. The number of nitrogens with two attached hydrogens (primary N) is 1. The van der Waals surface area contributed by atoms with E-state index in [4.69, 9.17) is 11.0 Å². The maximum absolute atomic E-state index is 8.78. The van der Waals surface area contributed by atoms with Gasteiger partial charge in [-0.3, -0.25) is 0 Å². The third-order valence-electron chi connectivity index (χ3n) is 2.24. The second kappa shape index (κ2) is 5.29. The smallest absolute Gasteiger partial charge is 0.0991 e. The largest absolute Gasteiger partial charge is 0.398 e. The number of nitriles is 1. The molecule has 2 heteroatoms. The monoisotopic (exact) mass is 190 g/mol. The molecule has 0 saturated heterocycles. The molecule has 2 nitrogen and oxygen atoms in total. The molecule has 0 aromatic heterocycles. The van der Waals surface area contributed by atoms with Gasteiger partial charge in [-0.25, -0.2) is 0 Å². The number of hydrogen-bond donors (Lipinski definition) is 1. The molecular weight excluding hydrogens is 172 g/mol. The summed E-state index contributed by atoms with van der Waals surface area (Å²) in [7, 11) is 0. The lowest BCUT2D eigenvalue weighted by Crippen LogP contribution is -1.99.